The van der Waals surface area contributed by atoms with Gasteiger partial charge in [0.15, 0.2) is 5.96 Å². The number of rotatable bonds is 0. The number of nitrogens with zero attached hydrogens (tertiary/aromatic N) is 2. The van der Waals surface area contributed by atoms with Crippen LogP contribution >= 0.6 is 0 Å². The Balaban J connectivity index is 1.69. The Morgan fingerprint density at radius 2 is 1.85 bits per heavy atom. The van der Waals surface area contributed by atoms with Crippen molar-refractivity contribution in [1.29, 1.82) is 0 Å². The standard InChI is InChI=1S/C22H26N4O/c23-22-25-20-11-10-17-14-18(20)15-26(22)13-12-24-21(27)9-3-1-2-6-16-7-4-5-8-19(16)17/h4-5,7-8,10-11,14H,1-3,6,9,12-13,15H2,(H2,23,25)(H,24,27). The maximum absolute atomic E-state index is 12.0. The fourth-order valence-electron chi connectivity index (χ4n) is 3.88. The maximum atomic E-state index is 12.0. The molecule has 3 N–H and O–H groups in total. The molecule has 1 amide bonds. The third kappa shape index (κ3) is 3.97. The Hall–Kier alpha value is -2.82. The minimum absolute atomic E-state index is 0.123. The summed E-state index contributed by atoms with van der Waals surface area (Å²) in [6, 6.07) is 15.1. The number of benzene rings is 2. The van der Waals surface area contributed by atoms with Crippen molar-refractivity contribution >= 4 is 17.6 Å². The molecular formula is C22H26N4O. The van der Waals surface area contributed by atoms with Crippen LogP contribution in [0.3, 0.4) is 0 Å². The highest BCUT2D eigenvalue weighted by Gasteiger charge is 2.19. The van der Waals surface area contributed by atoms with Gasteiger partial charge in [0.2, 0.25) is 5.91 Å². The van der Waals surface area contributed by atoms with Gasteiger partial charge in [-0.2, -0.15) is 0 Å². The molecule has 0 fully saturated rings. The lowest BCUT2D eigenvalue weighted by molar-refractivity contribution is -0.121. The Morgan fingerprint density at radius 1 is 1.00 bits per heavy atom. The first-order valence-electron chi connectivity index (χ1n) is 9.78. The molecule has 0 aromatic heterocycles. The number of aliphatic imine (C=N–C) groups is 1. The van der Waals surface area contributed by atoms with Gasteiger partial charge in [0.1, 0.15) is 0 Å². The van der Waals surface area contributed by atoms with Gasteiger partial charge in [0, 0.05) is 26.1 Å². The number of carbonyl (C=O) groups is 1. The number of aryl methyl sites for hydroxylation is 1. The molecule has 140 valence electrons. The second-order valence-corrected chi connectivity index (χ2v) is 7.30. The van der Waals surface area contributed by atoms with Crippen LogP contribution in [0, 0.1) is 0 Å². The molecular weight excluding hydrogens is 336 g/mol. The van der Waals surface area contributed by atoms with E-state index in [9.17, 15) is 4.79 Å². The van der Waals surface area contributed by atoms with Crippen LogP contribution in [0.4, 0.5) is 5.69 Å². The predicted octanol–water partition coefficient (Wildman–Crippen LogP) is 3.35. The third-order valence-corrected chi connectivity index (χ3v) is 5.38. The third-order valence-electron chi connectivity index (χ3n) is 5.38. The van der Waals surface area contributed by atoms with Crippen LogP contribution in [0.1, 0.15) is 36.8 Å². The number of hydrogen-bond donors (Lipinski definition) is 2. The van der Waals surface area contributed by atoms with E-state index in [0.717, 1.165) is 37.9 Å². The van der Waals surface area contributed by atoms with Crippen molar-refractivity contribution < 1.29 is 4.79 Å². The van der Waals surface area contributed by atoms with Crippen molar-refractivity contribution in [3.63, 3.8) is 0 Å². The fraction of sp³-hybridized carbons (Fsp3) is 0.364. The van der Waals surface area contributed by atoms with E-state index in [0.29, 0.717) is 25.5 Å². The normalized spacial score (nSPS) is 17.9. The Bertz CT molecular complexity index is 874. The zero-order valence-corrected chi connectivity index (χ0v) is 15.6. The zero-order chi connectivity index (χ0) is 18.6. The molecule has 4 rings (SSSR count). The highest BCUT2D eigenvalue weighted by Crippen LogP contribution is 2.32. The summed E-state index contributed by atoms with van der Waals surface area (Å²) >= 11 is 0. The summed E-state index contributed by atoms with van der Waals surface area (Å²) < 4.78 is 0. The average molecular weight is 362 g/mol. The van der Waals surface area contributed by atoms with Gasteiger partial charge in [-0.05, 0) is 53.6 Å². The van der Waals surface area contributed by atoms with E-state index in [1.807, 2.05) is 4.90 Å². The number of hydrogen-bond acceptors (Lipinski definition) is 4. The van der Waals surface area contributed by atoms with E-state index in [2.05, 4.69) is 52.8 Å². The molecule has 0 spiro atoms. The Labute approximate surface area is 160 Å². The minimum atomic E-state index is 0.123. The van der Waals surface area contributed by atoms with E-state index in [4.69, 9.17) is 5.73 Å². The number of guanidine groups is 1. The highest BCUT2D eigenvalue weighted by atomic mass is 16.1. The molecule has 2 aromatic rings. The van der Waals surface area contributed by atoms with Gasteiger partial charge < -0.3 is 16.0 Å². The summed E-state index contributed by atoms with van der Waals surface area (Å²) in [6.07, 6.45) is 4.72. The minimum Gasteiger partial charge on any atom is -0.369 e. The lowest BCUT2D eigenvalue weighted by Gasteiger charge is -2.28. The first kappa shape index (κ1) is 17.6. The Kier molecular flexibility index (Phi) is 5.10. The summed E-state index contributed by atoms with van der Waals surface area (Å²) in [5, 5.41) is 3.00. The van der Waals surface area contributed by atoms with Crippen molar-refractivity contribution in [2.75, 3.05) is 13.1 Å². The van der Waals surface area contributed by atoms with E-state index >= 15 is 0 Å². The molecule has 5 nitrogen and oxygen atoms in total. The van der Waals surface area contributed by atoms with Crippen LogP contribution < -0.4 is 11.1 Å². The molecule has 0 saturated carbocycles. The molecule has 2 aliphatic rings. The van der Waals surface area contributed by atoms with Gasteiger partial charge in [-0.1, -0.05) is 36.8 Å². The molecule has 2 heterocycles. The first-order valence-corrected chi connectivity index (χ1v) is 9.78. The summed E-state index contributed by atoms with van der Waals surface area (Å²) in [4.78, 5) is 18.6. The molecule has 0 unspecified atom stereocenters. The second-order valence-electron chi connectivity index (χ2n) is 7.30. The van der Waals surface area contributed by atoms with Crippen molar-refractivity contribution in [3.8, 4) is 11.1 Å². The number of carbonyl (C=O) groups excluding carboxylic acids is 1. The predicted molar refractivity (Wildman–Crippen MR) is 109 cm³/mol. The summed E-state index contributed by atoms with van der Waals surface area (Å²) in [6.45, 7) is 1.98. The fourth-order valence-corrected chi connectivity index (χ4v) is 3.88. The molecule has 0 radical (unpaired) electrons. The van der Waals surface area contributed by atoms with Crippen molar-refractivity contribution in [2.45, 2.75) is 38.6 Å². The zero-order valence-electron chi connectivity index (χ0n) is 15.6. The van der Waals surface area contributed by atoms with Crippen LogP contribution in [0.2, 0.25) is 0 Å². The number of amides is 1. The van der Waals surface area contributed by atoms with Crippen LogP contribution in [0.5, 0.6) is 0 Å². The van der Waals surface area contributed by atoms with Gasteiger partial charge in [-0.25, -0.2) is 4.99 Å². The van der Waals surface area contributed by atoms with Gasteiger partial charge in [0.25, 0.3) is 0 Å². The van der Waals surface area contributed by atoms with Gasteiger partial charge in [-0.15, -0.1) is 0 Å². The molecule has 3 bridgehead atoms. The average Bonchev–Trinajstić information content (AvgIpc) is 2.67. The lowest BCUT2D eigenvalue weighted by atomic mass is 9.94. The monoisotopic (exact) mass is 362 g/mol. The first-order chi connectivity index (χ1) is 13.2. The van der Waals surface area contributed by atoms with E-state index in [1.54, 1.807) is 0 Å². The summed E-state index contributed by atoms with van der Waals surface area (Å²) in [5.41, 5.74) is 12.1. The molecule has 0 atom stereocenters. The largest absolute Gasteiger partial charge is 0.369 e. The summed E-state index contributed by atoms with van der Waals surface area (Å²) in [5.74, 6) is 0.642. The molecule has 5 heteroatoms. The van der Waals surface area contributed by atoms with Crippen molar-refractivity contribution in [2.24, 2.45) is 10.7 Å². The van der Waals surface area contributed by atoms with Gasteiger partial charge >= 0.3 is 0 Å². The van der Waals surface area contributed by atoms with Gasteiger partial charge in [-0.3, -0.25) is 4.79 Å². The number of nitrogens with two attached hydrogens (primary N) is 1. The quantitative estimate of drug-likeness (QED) is 0.755. The topological polar surface area (TPSA) is 70.7 Å². The molecule has 2 aromatic carbocycles. The van der Waals surface area contributed by atoms with E-state index < -0.39 is 0 Å². The van der Waals surface area contributed by atoms with Gasteiger partial charge in [0.05, 0.1) is 5.69 Å². The molecule has 0 saturated heterocycles. The number of fused-ring (bicyclic) bond motifs is 4. The molecule has 27 heavy (non-hydrogen) atoms. The SMILES string of the molecule is NC1=Nc2ccc3cc2CN1CCNC(=O)CCCCCc1ccccc1-3. The van der Waals surface area contributed by atoms with E-state index in [-0.39, 0.29) is 5.91 Å². The smallest absolute Gasteiger partial charge is 0.220 e. The number of nitrogens with one attached hydrogen (secondary N) is 1. The van der Waals surface area contributed by atoms with Crippen LogP contribution in [-0.4, -0.2) is 29.9 Å². The van der Waals surface area contributed by atoms with Crippen LogP contribution in [-0.2, 0) is 17.8 Å². The van der Waals surface area contributed by atoms with Crippen molar-refractivity contribution in [3.05, 3.63) is 53.6 Å². The Morgan fingerprint density at radius 3 is 2.78 bits per heavy atom. The maximum Gasteiger partial charge on any atom is 0.220 e. The van der Waals surface area contributed by atoms with Crippen molar-refractivity contribution in [1.82, 2.24) is 10.2 Å². The summed E-state index contributed by atoms with van der Waals surface area (Å²) in [7, 11) is 0. The lowest BCUT2D eigenvalue weighted by Crippen LogP contribution is -2.43. The van der Waals surface area contributed by atoms with Crippen LogP contribution in [0.25, 0.3) is 11.1 Å². The highest BCUT2D eigenvalue weighted by molar-refractivity contribution is 5.84. The molecule has 0 aliphatic carbocycles. The van der Waals surface area contributed by atoms with E-state index in [1.165, 1.54) is 22.3 Å². The van der Waals surface area contributed by atoms with Crippen LogP contribution in [0.15, 0.2) is 47.5 Å². The second kappa shape index (κ2) is 7.82. The molecule has 2 aliphatic heterocycles.